The summed E-state index contributed by atoms with van der Waals surface area (Å²) in [5, 5.41) is 11.3. The molecule has 2 aliphatic rings. The first-order valence-electron chi connectivity index (χ1n) is 12.6. The average molecular weight is 466 g/mol. The molecular formula is C26H44NO4P. The van der Waals surface area contributed by atoms with Gasteiger partial charge in [0, 0.05) is 12.4 Å². The SMILES string of the molecule is CC1CCC(C(C)C)C(OP(=O)(OC2CC(C)CCC2C(C)C)C(O)c2ccncc2)C1. The highest BCUT2D eigenvalue weighted by atomic mass is 31.2. The fourth-order valence-corrected chi connectivity index (χ4v) is 7.76. The Kier molecular flexibility index (Phi) is 8.99. The molecule has 2 aliphatic carbocycles. The first-order valence-corrected chi connectivity index (χ1v) is 14.3. The molecule has 7 atom stereocenters. The van der Waals surface area contributed by atoms with Crippen LogP contribution in [0.4, 0.5) is 0 Å². The van der Waals surface area contributed by atoms with Crippen LogP contribution in [0.15, 0.2) is 24.5 Å². The summed E-state index contributed by atoms with van der Waals surface area (Å²) >= 11 is 0. The molecule has 0 radical (unpaired) electrons. The Balaban J connectivity index is 1.92. The molecule has 1 aromatic heterocycles. The van der Waals surface area contributed by atoms with E-state index in [1.807, 2.05) is 0 Å². The van der Waals surface area contributed by atoms with E-state index in [9.17, 15) is 9.67 Å². The van der Waals surface area contributed by atoms with E-state index in [0.717, 1.165) is 38.5 Å². The van der Waals surface area contributed by atoms with Gasteiger partial charge in [0.05, 0.1) is 12.2 Å². The van der Waals surface area contributed by atoms with Crippen molar-refractivity contribution in [3.05, 3.63) is 30.1 Å². The van der Waals surface area contributed by atoms with Crippen molar-refractivity contribution in [1.29, 1.82) is 0 Å². The fraction of sp³-hybridized carbons (Fsp3) is 0.808. The molecule has 3 rings (SSSR count). The van der Waals surface area contributed by atoms with Gasteiger partial charge in [0.1, 0.15) is 0 Å². The molecule has 6 heteroatoms. The Morgan fingerprint density at radius 3 is 1.72 bits per heavy atom. The van der Waals surface area contributed by atoms with Gasteiger partial charge in [-0.05, 0) is 78.9 Å². The molecule has 32 heavy (non-hydrogen) atoms. The standard InChI is InChI=1S/C26H44NO4P/c1-17(2)22-9-7-19(5)15-24(22)30-32(29,26(28)21-11-13-27-14-12-21)31-25-16-20(6)8-10-23(25)18(3)4/h11-14,17-20,22-26,28H,7-10,15-16H2,1-6H3. The van der Waals surface area contributed by atoms with Crippen molar-refractivity contribution in [3.63, 3.8) is 0 Å². The Hall–Kier alpha value is -0.740. The van der Waals surface area contributed by atoms with Crippen molar-refractivity contribution < 1.29 is 18.7 Å². The molecule has 0 spiro atoms. The number of pyridine rings is 1. The lowest BCUT2D eigenvalue weighted by atomic mass is 9.75. The highest BCUT2D eigenvalue weighted by Gasteiger charge is 2.46. The average Bonchev–Trinajstić information content (AvgIpc) is 2.73. The maximum atomic E-state index is 14.5. The van der Waals surface area contributed by atoms with Crippen molar-refractivity contribution in [2.75, 3.05) is 0 Å². The van der Waals surface area contributed by atoms with Gasteiger partial charge < -0.3 is 14.2 Å². The van der Waals surface area contributed by atoms with Gasteiger partial charge in [-0.15, -0.1) is 0 Å². The summed E-state index contributed by atoms with van der Waals surface area (Å²) in [7, 11) is -3.85. The van der Waals surface area contributed by atoms with E-state index in [4.69, 9.17) is 9.05 Å². The lowest BCUT2D eigenvalue weighted by Gasteiger charge is -2.42. The number of rotatable bonds is 8. The zero-order valence-corrected chi connectivity index (χ0v) is 21.7. The molecule has 1 N–H and O–H groups in total. The van der Waals surface area contributed by atoms with E-state index in [2.05, 4.69) is 46.5 Å². The zero-order chi connectivity index (χ0) is 23.5. The van der Waals surface area contributed by atoms with Crippen LogP contribution in [0.5, 0.6) is 0 Å². The smallest absolute Gasteiger partial charge is 0.363 e. The van der Waals surface area contributed by atoms with Crippen LogP contribution in [0.3, 0.4) is 0 Å². The highest BCUT2D eigenvalue weighted by Crippen LogP contribution is 2.64. The predicted octanol–water partition coefficient (Wildman–Crippen LogP) is 7.22. The van der Waals surface area contributed by atoms with Gasteiger partial charge in [0.25, 0.3) is 0 Å². The van der Waals surface area contributed by atoms with E-state index in [1.54, 1.807) is 24.5 Å². The van der Waals surface area contributed by atoms with Crippen molar-refractivity contribution in [1.82, 2.24) is 4.98 Å². The lowest BCUT2D eigenvalue weighted by molar-refractivity contribution is -0.0154. The Labute approximate surface area is 195 Å². The Morgan fingerprint density at radius 2 is 1.31 bits per heavy atom. The van der Waals surface area contributed by atoms with E-state index in [1.165, 1.54) is 0 Å². The summed E-state index contributed by atoms with van der Waals surface area (Å²) in [5.74, 6) is 1.21. The zero-order valence-electron chi connectivity index (χ0n) is 20.8. The number of hydrogen-bond acceptors (Lipinski definition) is 5. The summed E-state index contributed by atoms with van der Waals surface area (Å²) < 4.78 is 27.4. The molecule has 2 fully saturated rings. The molecule has 0 aliphatic heterocycles. The number of aliphatic hydroxyl groups excluding tert-OH is 1. The molecule has 0 aromatic carbocycles. The minimum atomic E-state index is -3.85. The van der Waals surface area contributed by atoms with Crippen molar-refractivity contribution >= 4 is 7.60 Å². The molecule has 5 nitrogen and oxygen atoms in total. The third kappa shape index (κ3) is 6.23. The van der Waals surface area contributed by atoms with Gasteiger partial charge in [-0.2, -0.15) is 0 Å². The Bertz CT molecular complexity index is 717. The molecule has 1 aromatic rings. The number of hydrogen-bond donors (Lipinski definition) is 1. The van der Waals surface area contributed by atoms with E-state index in [-0.39, 0.29) is 12.2 Å². The van der Waals surface area contributed by atoms with E-state index < -0.39 is 13.4 Å². The lowest BCUT2D eigenvalue weighted by Crippen LogP contribution is -2.37. The van der Waals surface area contributed by atoms with E-state index in [0.29, 0.717) is 41.1 Å². The van der Waals surface area contributed by atoms with Gasteiger partial charge in [0.15, 0.2) is 5.85 Å². The molecular weight excluding hydrogens is 421 g/mol. The predicted molar refractivity (Wildman–Crippen MR) is 129 cm³/mol. The monoisotopic (exact) mass is 465 g/mol. The van der Waals surface area contributed by atoms with Crippen LogP contribution in [-0.2, 0) is 13.6 Å². The summed E-state index contributed by atoms with van der Waals surface area (Å²) in [5.41, 5.74) is 0.540. The van der Waals surface area contributed by atoms with Crippen LogP contribution < -0.4 is 0 Å². The topological polar surface area (TPSA) is 68.7 Å². The second-order valence-electron chi connectivity index (χ2n) is 11.1. The number of nitrogens with zero attached hydrogens (tertiary/aromatic N) is 1. The molecule has 1 heterocycles. The number of aromatic nitrogens is 1. The maximum Gasteiger partial charge on any atom is 0.363 e. The van der Waals surface area contributed by atoms with Gasteiger partial charge in [-0.1, -0.05) is 54.4 Å². The molecule has 0 amide bonds. The third-order valence-electron chi connectivity index (χ3n) is 7.79. The minimum absolute atomic E-state index is 0.167. The first-order chi connectivity index (χ1) is 15.1. The van der Waals surface area contributed by atoms with Gasteiger partial charge in [-0.3, -0.25) is 9.55 Å². The third-order valence-corrected chi connectivity index (χ3v) is 9.82. The largest absolute Gasteiger partial charge is 0.376 e. The molecule has 7 unspecified atom stereocenters. The van der Waals surface area contributed by atoms with Gasteiger partial charge >= 0.3 is 7.60 Å². The molecule has 2 saturated carbocycles. The second-order valence-corrected chi connectivity index (χ2v) is 13.1. The van der Waals surface area contributed by atoms with Crippen LogP contribution in [0, 0.1) is 35.5 Å². The van der Waals surface area contributed by atoms with Gasteiger partial charge in [0.2, 0.25) is 0 Å². The molecule has 182 valence electrons. The van der Waals surface area contributed by atoms with Crippen molar-refractivity contribution in [3.8, 4) is 0 Å². The van der Waals surface area contributed by atoms with Crippen LogP contribution in [0.1, 0.15) is 91.5 Å². The first kappa shape index (κ1) is 25.9. The summed E-state index contributed by atoms with van der Waals surface area (Å²) in [6, 6.07) is 3.41. The molecule has 0 saturated heterocycles. The fourth-order valence-electron chi connectivity index (χ4n) is 5.71. The molecule has 0 bridgehead atoms. The van der Waals surface area contributed by atoms with Crippen molar-refractivity contribution in [2.45, 2.75) is 98.1 Å². The van der Waals surface area contributed by atoms with Crippen LogP contribution in [-0.4, -0.2) is 22.3 Å². The number of aliphatic hydroxyl groups is 1. The summed E-state index contributed by atoms with van der Waals surface area (Å²) in [4.78, 5) is 4.05. The van der Waals surface area contributed by atoms with Crippen molar-refractivity contribution in [2.24, 2.45) is 35.5 Å². The highest BCUT2D eigenvalue weighted by molar-refractivity contribution is 7.54. The quantitative estimate of drug-likeness (QED) is 0.410. The van der Waals surface area contributed by atoms with Crippen LogP contribution >= 0.6 is 7.60 Å². The second kappa shape index (κ2) is 11.1. The normalized spacial score (nSPS) is 34.4. The summed E-state index contributed by atoms with van der Waals surface area (Å²) in [6.45, 7) is 13.3. The Morgan fingerprint density at radius 1 is 0.875 bits per heavy atom. The maximum absolute atomic E-state index is 14.5. The van der Waals surface area contributed by atoms with E-state index >= 15 is 0 Å². The summed E-state index contributed by atoms with van der Waals surface area (Å²) in [6.07, 6.45) is 9.05. The van der Waals surface area contributed by atoms with Crippen LogP contribution in [0.25, 0.3) is 0 Å². The van der Waals surface area contributed by atoms with Gasteiger partial charge in [-0.25, -0.2) is 0 Å². The van der Waals surface area contributed by atoms with Crippen LogP contribution in [0.2, 0.25) is 0 Å². The minimum Gasteiger partial charge on any atom is -0.376 e.